The fourth-order valence-electron chi connectivity index (χ4n) is 3.53. The molecule has 27 heavy (non-hydrogen) atoms. The van der Waals surface area contributed by atoms with E-state index in [1.165, 1.54) is 11.3 Å². The molecule has 0 bridgehead atoms. The Morgan fingerprint density at radius 3 is 2.81 bits per heavy atom. The van der Waals surface area contributed by atoms with Gasteiger partial charge in [0.2, 0.25) is 0 Å². The summed E-state index contributed by atoms with van der Waals surface area (Å²) in [6.45, 7) is 0.750. The van der Waals surface area contributed by atoms with Gasteiger partial charge in [-0.25, -0.2) is 0 Å². The zero-order chi connectivity index (χ0) is 18.6. The number of thiophene rings is 1. The molecule has 0 aliphatic carbocycles. The molecule has 2 aromatic heterocycles. The van der Waals surface area contributed by atoms with Crippen LogP contribution in [-0.2, 0) is 0 Å². The summed E-state index contributed by atoms with van der Waals surface area (Å²) in [5.41, 5.74) is 1.75. The second-order valence-corrected chi connectivity index (χ2v) is 7.63. The summed E-state index contributed by atoms with van der Waals surface area (Å²) in [5.74, 6) is 1.64. The molecule has 3 aromatic rings. The molecule has 0 radical (unpaired) electrons. The second kappa shape index (κ2) is 7.96. The molecule has 0 unspecified atom stereocenters. The number of hydrogen-bond donors (Lipinski definition) is 0. The number of nitrogens with zero attached hydrogens (tertiary/aromatic N) is 2. The quantitative estimate of drug-likeness (QED) is 0.625. The summed E-state index contributed by atoms with van der Waals surface area (Å²) in [5, 5.41) is 6.19. The molecule has 140 valence electrons. The number of carbonyl (C=O) groups is 1. The van der Waals surface area contributed by atoms with Gasteiger partial charge in [-0.2, -0.15) is 0 Å². The van der Waals surface area contributed by atoms with Crippen molar-refractivity contribution in [1.29, 1.82) is 0 Å². The molecule has 1 aromatic carbocycles. The molecule has 3 heterocycles. The van der Waals surface area contributed by atoms with Crippen molar-refractivity contribution in [2.24, 2.45) is 0 Å². The minimum Gasteiger partial charge on any atom is -0.497 e. The molecule has 4 rings (SSSR count). The van der Waals surface area contributed by atoms with E-state index in [4.69, 9.17) is 9.26 Å². The number of hydrogen-bond acceptors (Lipinski definition) is 5. The highest BCUT2D eigenvalue weighted by atomic mass is 32.1. The van der Waals surface area contributed by atoms with Gasteiger partial charge in [-0.3, -0.25) is 4.79 Å². The third kappa shape index (κ3) is 3.76. The first-order valence-electron chi connectivity index (χ1n) is 9.22. The van der Waals surface area contributed by atoms with Gasteiger partial charge in [0.15, 0.2) is 5.76 Å². The maximum atomic E-state index is 13.0. The van der Waals surface area contributed by atoms with Gasteiger partial charge in [0.1, 0.15) is 11.4 Å². The smallest absolute Gasteiger partial charge is 0.264 e. The minimum atomic E-state index is -0.0680. The molecule has 5 nitrogen and oxygen atoms in total. The molecular weight excluding hydrogens is 360 g/mol. The minimum absolute atomic E-state index is 0.0680. The van der Waals surface area contributed by atoms with Crippen LogP contribution in [0.1, 0.15) is 47.2 Å². The van der Waals surface area contributed by atoms with Gasteiger partial charge in [-0.1, -0.05) is 24.1 Å². The highest BCUT2D eigenvalue weighted by Crippen LogP contribution is 2.34. The third-order valence-corrected chi connectivity index (χ3v) is 5.85. The lowest BCUT2D eigenvalue weighted by Crippen LogP contribution is -2.34. The molecule has 1 fully saturated rings. The van der Waals surface area contributed by atoms with E-state index in [0.29, 0.717) is 0 Å². The van der Waals surface area contributed by atoms with Gasteiger partial charge in [-0.05, 0) is 48.6 Å². The zero-order valence-electron chi connectivity index (χ0n) is 15.3. The third-order valence-electron chi connectivity index (χ3n) is 4.99. The molecule has 1 aliphatic heterocycles. The second-order valence-electron chi connectivity index (χ2n) is 6.68. The van der Waals surface area contributed by atoms with Crippen LogP contribution in [0, 0.1) is 0 Å². The monoisotopic (exact) mass is 382 g/mol. The first-order chi connectivity index (χ1) is 13.3. The summed E-state index contributed by atoms with van der Waals surface area (Å²) < 4.78 is 10.9. The standard InChI is InChI=1S/C21H22N2O3S/c1-25-16-10-8-15(9-11-16)17-14-19(26-22-17)18-6-3-2-4-12-23(18)21(24)20-7-5-13-27-20/h5,7-11,13-14,18H,2-4,6,12H2,1H3/t18-/m1/s1. The number of carbonyl (C=O) groups excluding carboxylic acids is 1. The summed E-state index contributed by atoms with van der Waals surface area (Å²) in [4.78, 5) is 15.7. The predicted molar refractivity (Wildman–Crippen MR) is 105 cm³/mol. The Morgan fingerprint density at radius 1 is 1.22 bits per heavy atom. The van der Waals surface area contributed by atoms with Crippen LogP contribution in [0.25, 0.3) is 11.3 Å². The van der Waals surface area contributed by atoms with Crippen LogP contribution in [0.2, 0.25) is 0 Å². The van der Waals surface area contributed by atoms with Crippen molar-refractivity contribution in [3.63, 3.8) is 0 Å². The first-order valence-corrected chi connectivity index (χ1v) is 10.1. The zero-order valence-corrected chi connectivity index (χ0v) is 16.1. The van der Waals surface area contributed by atoms with Crippen molar-refractivity contribution in [3.8, 4) is 17.0 Å². The molecule has 1 amide bonds. The van der Waals surface area contributed by atoms with Gasteiger partial charge in [-0.15, -0.1) is 11.3 Å². The predicted octanol–water partition coefficient (Wildman–Crippen LogP) is 5.17. The molecule has 0 spiro atoms. The highest BCUT2D eigenvalue weighted by molar-refractivity contribution is 7.12. The van der Waals surface area contributed by atoms with E-state index in [2.05, 4.69) is 5.16 Å². The van der Waals surface area contributed by atoms with Crippen LogP contribution >= 0.6 is 11.3 Å². The summed E-state index contributed by atoms with van der Waals surface area (Å²) in [7, 11) is 1.65. The topological polar surface area (TPSA) is 55.6 Å². The molecule has 1 aliphatic rings. The van der Waals surface area contributed by atoms with E-state index in [1.807, 2.05) is 52.7 Å². The van der Waals surface area contributed by atoms with E-state index in [0.717, 1.165) is 59.9 Å². The van der Waals surface area contributed by atoms with Gasteiger partial charge < -0.3 is 14.2 Å². The normalized spacial score (nSPS) is 17.5. The number of amides is 1. The average Bonchev–Trinajstić information content (AvgIpc) is 3.36. The SMILES string of the molecule is COc1ccc(-c2cc([C@H]3CCCCCN3C(=O)c3cccs3)on2)cc1. The van der Waals surface area contributed by atoms with Crippen LogP contribution in [0.15, 0.2) is 52.4 Å². The fourth-order valence-corrected chi connectivity index (χ4v) is 4.21. The number of rotatable bonds is 4. The Bertz CT molecular complexity index is 887. The number of benzene rings is 1. The van der Waals surface area contributed by atoms with Crippen LogP contribution in [0.4, 0.5) is 0 Å². The average molecular weight is 382 g/mol. The molecule has 0 N–H and O–H groups in total. The summed E-state index contributed by atoms with van der Waals surface area (Å²) in [6, 6.07) is 13.4. The van der Waals surface area contributed by atoms with E-state index in [-0.39, 0.29) is 11.9 Å². The number of likely N-dealkylation sites (tertiary alicyclic amines) is 1. The Hall–Kier alpha value is -2.60. The Kier molecular flexibility index (Phi) is 5.25. The van der Waals surface area contributed by atoms with Crippen LogP contribution in [0.3, 0.4) is 0 Å². The molecule has 1 saturated heterocycles. The van der Waals surface area contributed by atoms with Crippen molar-refractivity contribution in [3.05, 3.63) is 58.5 Å². The van der Waals surface area contributed by atoms with Crippen molar-refractivity contribution in [1.82, 2.24) is 10.1 Å². The van der Waals surface area contributed by atoms with Crippen molar-refractivity contribution in [2.45, 2.75) is 31.7 Å². The Labute approximate surface area is 162 Å². The summed E-state index contributed by atoms with van der Waals surface area (Å²) >= 11 is 1.48. The maximum absolute atomic E-state index is 13.0. The lowest BCUT2D eigenvalue weighted by molar-refractivity contribution is 0.0656. The number of methoxy groups -OCH3 is 1. The molecule has 6 heteroatoms. The van der Waals surface area contributed by atoms with E-state index < -0.39 is 0 Å². The van der Waals surface area contributed by atoms with Crippen molar-refractivity contribution >= 4 is 17.2 Å². The fraction of sp³-hybridized carbons (Fsp3) is 0.333. The lowest BCUT2D eigenvalue weighted by atomic mass is 10.1. The summed E-state index contributed by atoms with van der Waals surface area (Å²) in [6.07, 6.45) is 4.13. The van der Waals surface area contributed by atoms with Gasteiger partial charge in [0, 0.05) is 18.2 Å². The molecular formula is C21H22N2O3S. The van der Waals surface area contributed by atoms with E-state index in [1.54, 1.807) is 7.11 Å². The van der Waals surface area contributed by atoms with Gasteiger partial charge in [0.25, 0.3) is 5.91 Å². The van der Waals surface area contributed by atoms with Crippen LogP contribution < -0.4 is 4.74 Å². The largest absolute Gasteiger partial charge is 0.497 e. The van der Waals surface area contributed by atoms with Crippen molar-refractivity contribution < 1.29 is 14.1 Å². The van der Waals surface area contributed by atoms with Gasteiger partial charge in [0.05, 0.1) is 18.0 Å². The maximum Gasteiger partial charge on any atom is 0.264 e. The lowest BCUT2D eigenvalue weighted by Gasteiger charge is -2.27. The van der Waals surface area contributed by atoms with Crippen LogP contribution in [0.5, 0.6) is 5.75 Å². The van der Waals surface area contributed by atoms with E-state index >= 15 is 0 Å². The van der Waals surface area contributed by atoms with Crippen LogP contribution in [-0.4, -0.2) is 29.6 Å². The molecule has 1 atom stereocenters. The number of aromatic nitrogens is 1. The van der Waals surface area contributed by atoms with Gasteiger partial charge >= 0.3 is 0 Å². The highest BCUT2D eigenvalue weighted by Gasteiger charge is 2.31. The first kappa shape index (κ1) is 17.8. The number of ether oxygens (including phenoxy) is 1. The Balaban J connectivity index is 1.61. The molecule has 0 saturated carbocycles. The van der Waals surface area contributed by atoms with Crippen molar-refractivity contribution in [2.75, 3.05) is 13.7 Å². The van der Waals surface area contributed by atoms with E-state index in [9.17, 15) is 4.79 Å². The Morgan fingerprint density at radius 2 is 2.07 bits per heavy atom.